The molecule has 2 atom stereocenters. The highest BCUT2D eigenvalue weighted by atomic mass is 16.5. The van der Waals surface area contributed by atoms with Gasteiger partial charge in [-0.1, -0.05) is 403 Å². The predicted molar refractivity (Wildman–Crippen MR) is 384 cm³/mol. The van der Waals surface area contributed by atoms with Gasteiger partial charge in [0.1, 0.15) is 0 Å². The van der Waals surface area contributed by atoms with Crippen LogP contribution in [0.1, 0.15) is 444 Å². The van der Waals surface area contributed by atoms with E-state index in [0.717, 1.165) is 44.9 Å². The molecule has 87 heavy (non-hydrogen) atoms. The summed E-state index contributed by atoms with van der Waals surface area (Å²) in [5, 5.41) is 23.3. The summed E-state index contributed by atoms with van der Waals surface area (Å²) in [5.41, 5.74) is 0. The Kier molecular flexibility index (Phi) is 74.8. The van der Waals surface area contributed by atoms with Crippen LogP contribution in [0.4, 0.5) is 0 Å². The van der Waals surface area contributed by atoms with Crippen molar-refractivity contribution >= 4 is 11.9 Å². The number of hydrogen-bond donors (Lipinski definition) is 3. The number of allylic oxidation sites excluding steroid dienone is 5. The molecule has 6 nitrogen and oxygen atoms in total. The number of carbonyl (C=O) groups excluding carboxylic acids is 2. The third-order valence-corrected chi connectivity index (χ3v) is 18.7. The maximum absolute atomic E-state index is 12.5. The minimum Gasteiger partial charge on any atom is -0.466 e. The number of ether oxygens (including phenoxy) is 1. The van der Waals surface area contributed by atoms with Gasteiger partial charge in [0, 0.05) is 12.8 Å². The smallest absolute Gasteiger partial charge is 0.305 e. The molecule has 0 aromatic heterocycles. The van der Waals surface area contributed by atoms with Crippen LogP contribution in [0.15, 0.2) is 36.5 Å². The number of rotatable bonds is 75. The van der Waals surface area contributed by atoms with E-state index in [1.807, 2.05) is 6.08 Å². The average Bonchev–Trinajstić information content (AvgIpc) is 3.52. The molecule has 0 heterocycles. The standard InChI is InChI=1S/C81H155NO5/c1-3-5-7-9-11-13-15-16-17-18-19-41-44-47-50-54-57-61-65-69-73-79(84)78(77-83)82-80(85)74-70-66-62-58-55-51-48-45-42-39-37-35-33-31-29-27-25-23-21-20-22-24-26-28-30-32-34-36-38-40-43-46-49-52-56-60-64-68-72-76-87-81(86)75-71-67-63-59-53-14-12-10-8-6-4-2/h20-21,24,26,69,73,78-79,83-84H,3-19,22-23,25,27-68,70-72,74-77H2,1-2H3,(H,82,85)/b21-20-,26-24-,73-69+. The molecule has 1 amide bonds. The van der Waals surface area contributed by atoms with Crippen molar-refractivity contribution in [1.82, 2.24) is 5.32 Å². The first-order chi connectivity index (χ1) is 43.0. The van der Waals surface area contributed by atoms with Gasteiger partial charge in [0.15, 0.2) is 0 Å². The monoisotopic (exact) mass is 1220 g/mol. The van der Waals surface area contributed by atoms with Crippen molar-refractivity contribution in [1.29, 1.82) is 0 Å². The second-order valence-electron chi connectivity index (χ2n) is 27.4. The Morgan fingerprint density at radius 3 is 0.874 bits per heavy atom. The van der Waals surface area contributed by atoms with Crippen molar-refractivity contribution in [2.24, 2.45) is 0 Å². The molecule has 0 fully saturated rings. The maximum Gasteiger partial charge on any atom is 0.305 e. The summed E-state index contributed by atoms with van der Waals surface area (Å²) < 4.78 is 5.48. The van der Waals surface area contributed by atoms with Gasteiger partial charge < -0.3 is 20.3 Å². The molecule has 0 spiro atoms. The highest BCUT2D eigenvalue weighted by Gasteiger charge is 2.18. The van der Waals surface area contributed by atoms with Crippen LogP contribution in [-0.2, 0) is 14.3 Å². The maximum atomic E-state index is 12.5. The van der Waals surface area contributed by atoms with Gasteiger partial charge in [-0.3, -0.25) is 9.59 Å². The van der Waals surface area contributed by atoms with Crippen LogP contribution in [-0.4, -0.2) is 47.4 Å². The Morgan fingerprint density at radius 2 is 0.575 bits per heavy atom. The number of nitrogens with one attached hydrogen (secondary N) is 1. The molecule has 6 heteroatoms. The molecule has 0 radical (unpaired) electrons. The van der Waals surface area contributed by atoms with Gasteiger partial charge in [-0.25, -0.2) is 0 Å². The van der Waals surface area contributed by atoms with E-state index in [4.69, 9.17) is 4.74 Å². The molecular formula is C81H155NO5. The minimum absolute atomic E-state index is 0.0204. The van der Waals surface area contributed by atoms with Gasteiger partial charge in [-0.05, 0) is 64.2 Å². The first kappa shape index (κ1) is 85.1. The molecule has 0 saturated heterocycles. The largest absolute Gasteiger partial charge is 0.466 e. The number of esters is 1. The van der Waals surface area contributed by atoms with Crippen molar-refractivity contribution in [3.8, 4) is 0 Å². The lowest BCUT2D eigenvalue weighted by Crippen LogP contribution is -2.45. The van der Waals surface area contributed by atoms with E-state index >= 15 is 0 Å². The Labute approximate surface area is 544 Å². The van der Waals surface area contributed by atoms with E-state index in [0.29, 0.717) is 19.4 Å². The summed E-state index contributed by atoms with van der Waals surface area (Å²) in [4.78, 5) is 24.6. The quantitative estimate of drug-likeness (QED) is 0.0320. The Morgan fingerprint density at radius 1 is 0.322 bits per heavy atom. The van der Waals surface area contributed by atoms with E-state index in [1.165, 1.54) is 372 Å². The zero-order valence-electron chi connectivity index (χ0n) is 59.0. The van der Waals surface area contributed by atoms with Gasteiger partial charge in [-0.15, -0.1) is 0 Å². The van der Waals surface area contributed by atoms with Crippen LogP contribution < -0.4 is 5.32 Å². The zero-order valence-corrected chi connectivity index (χ0v) is 59.0. The summed E-state index contributed by atoms with van der Waals surface area (Å²) in [6, 6.07) is -0.626. The lowest BCUT2D eigenvalue weighted by atomic mass is 10.0. The molecule has 0 saturated carbocycles. The fourth-order valence-electron chi connectivity index (χ4n) is 12.6. The molecule has 0 aromatic rings. The summed E-state index contributed by atoms with van der Waals surface area (Å²) in [7, 11) is 0. The SMILES string of the molecule is CCCCCCCCCCCCCCCCCCCC/C=C/C(O)C(CO)NC(=O)CCCCCCCCCCCCCCCCCCC/C=C\C/C=C\CCCCCCCCCCCCCCCCCOC(=O)CCCCCCCCCCCCC. The first-order valence-corrected chi connectivity index (χ1v) is 39.8. The minimum atomic E-state index is -0.843. The van der Waals surface area contributed by atoms with Crippen LogP contribution >= 0.6 is 0 Å². The molecule has 0 aliphatic rings. The van der Waals surface area contributed by atoms with Crippen molar-refractivity contribution in [3.63, 3.8) is 0 Å². The van der Waals surface area contributed by atoms with Crippen molar-refractivity contribution in [3.05, 3.63) is 36.5 Å². The van der Waals surface area contributed by atoms with Crippen LogP contribution in [0.3, 0.4) is 0 Å². The van der Waals surface area contributed by atoms with E-state index in [2.05, 4.69) is 43.5 Å². The molecular weight excluding hydrogens is 1070 g/mol. The van der Waals surface area contributed by atoms with E-state index < -0.39 is 12.1 Å². The van der Waals surface area contributed by atoms with E-state index in [-0.39, 0.29) is 18.5 Å². The van der Waals surface area contributed by atoms with Crippen molar-refractivity contribution < 1.29 is 24.5 Å². The number of hydrogen-bond acceptors (Lipinski definition) is 5. The Bertz CT molecular complexity index is 1410. The summed E-state index contributed by atoms with van der Waals surface area (Å²) in [5.74, 6) is -0.0402. The van der Waals surface area contributed by atoms with Crippen LogP contribution in [0.5, 0.6) is 0 Å². The average molecular weight is 1220 g/mol. The van der Waals surface area contributed by atoms with Gasteiger partial charge in [0.2, 0.25) is 5.91 Å². The van der Waals surface area contributed by atoms with Crippen molar-refractivity contribution in [2.75, 3.05) is 13.2 Å². The summed E-state index contributed by atoms with van der Waals surface area (Å²) >= 11 is 0. The van der Waals surface area contributed by atoms with Crippen molar-refractivity contribution in [2.45, 2.75) is 456 Å². The van der Waals surface area contributed by atoms with Crippen LogP contribution in [0, 0.1) is 0 Å². The summed E-state index contributed by atoms with van der Waals surface area (Å²) in [6.07, 6.45) is 99.9. The Balaban J connectivity index is 3.37. The molecule has 3 N–H and O–H groups in total. The third-order valence-electron chi connectivity index (χ3n) is 18.7. The highest BCUT2D eigenvalue weighted by molar-refractivity contribution is 5.76. The van der Waals surface area contributed by atoms with Crippen LogP contribution in [0.2, 0.25) is 0 Å². The Hall–Kier alpha value is -1.92. The van der Waals surface area contributed by atoms with Gasteiger partial charge in [0.25, 0.3) is 0 Å². The molecule has 2 unspecified atom stereocenters. The highest BCUT2D eigenvalue weighted by Crippen LogP contribution is 2.20. The number of aliphatic hydroxyl groups is 2. The first-order valence-electron chi connectivity index (χ1n) is 39.8. The van der Waals surface area contributed by atoms with Gasteiger partial charge in [-0.2, -0.15) is 0 Å². The summed E-state index contributed by atoms with van der Waals surface area (Å²) in [6.45, 7) is 4.95. The molecule has 0 bridgehead atoms. The predicted octanol–water partition coefficient (Wildman–Crippen LogP) is 26.2. The molecule has 0 aliphatic carbocycles. The number of unbranched alkanes of at least 4 members (excludes halogenated alkanes) is 60. The van der Waals surface area contributed by atoms with Crippen LogP contribution in [0.25, 0.3) is 0 Å². The third kappa shape index (κ3) is 73.0. The second-order valence-corrected chi connectivity index (χ2v) is 27.4. The molecule has 514 valence electrons. The normalized spacial score (nSPS) is 12.6. The lowest BCUT2D eigenvalue weighted by molar-refractivity contribution is -0.143. The zero-order chi connectivity index (χ0) is 62.8. The fraction of sp³-hybridized carbons (Fsp3) is 0.901. The van der Waals surface area contributed by atoms with E-state index in [9.17, 15) is 19.8 Å². The fourth-order valence-corrected chi connectivity index (χ4v) is 12.6. The molecule has 0 aliphatic heterocycles. The lowest BCUT2D eigenvalue weighted by Gasteiger charge is -2.20. The van der Waals surface area contributed by atoms with E-state index in [1.54, 1.807) is 6.08 Å². The van der Waals surface area contributed by atoms with Gasteiger partial charge in [0.05, 0.1) is 25.4 Å². The second kappa shape index (κ2) is 76.5. The molecule has 0 rings (SSSR count). The number of aliphatic hydroxyl groups excluding tert-OH is 2. The number of amides is 1. The molecule has 0 aromatic carbocycles. The topological polar surface area (TPSA) is 95.9 Å². The number of carbonyl (C=O) groups is 2. The van der Waals surface area contributed by atoms with Gasteiger partial charge >= 0.3 is 5.97 Å².